The van der Waals surface area contributed by atoms with Crippen molar-refractivity contribution in [3.05, 3.63) is 94.3 Å². The molecule has 0 bridgehead atoms. The quantitative estimate of drug-likeness (QED) is 0.428. The molecule has 0 saturated carbocycles. The molecular formula is C23H19ClFN3O. The first-order valence-corrected chi connectivity index (χ1v) is 9.54. The highest BCUT2D eigenvalue weighted by atomic mass is 35.5. The van der Waals surface area contributed by atoms with Gasteiger partial charge in [-0.1, -0.05) is 54.1 Å². The Hall–Kier alpha value is -3.18. The van der Waals surface area contributed by atoms with Gasteiger partial charge >= 0.3 is 0 Å². The van der Waals surface area contributed by atoms with Gasteiger partial charge in [-0.3, -0.25) is 4.98 Å². The molecule has 0 aliphatic rings. The molecule has 0 aliphatic heterocycles. The molecule has 2 aromatic heterocycles. The summed E-state index contributed by atoms with van der Waals surface area (Å²) in [6.07, 6.45) is 3.22. The second-order valence-corrected chi connectivity index (χ2v) is 7.26. The molecule has 2 N–H and O–H groups in total. The van der Waals surface area contributed by atoms with E-state index in [1.807, 2.05) is 43.3 Å². The largest absolute Gasteiger partial charge is 0.505 e. The van der Waals surface area contributed by atoms with E-state index in [1.165, 1.54) is 0 Å². The molecule has 4 rings (SSSR count). The smallest absolute Gasteiger partial charge is 0.147 e. The molecule has 0 saturated heterocycles. The molecular weight excluding hydrogens is 389 g/mol. The number of halogens is 2. The van der Waals surface area contributed by atoms with Crippen molar-refractivity contribution >= 4 is 28.3 Å². The average Bonchev–Trinajstić information content (AvgIpc) is 2.75. The van der Waals surface area contributed by atoms with Gasteiger partial charge in [0.05, 0.1) is 11.1 Å². The van der Waals surface area contributed by atoms with Crippen molar-refractivity contribution in [2.75, 3.05) is 5.32 Å². The second kappa shape index (κ2) is 8.05. The Morgan fingerprint density at radius 2 is 1.97 bits per heavy atom. The standard InChI is InChI=1S/C23H19ClFN3O/c1-14-10-20(27-13-19(14)24)28-21(17-5-2-4-15(11-17)12-25)18-8-7-16-6-3-9-26-22(16)23(18)29/h2-11,13,21,29H,12H2,1H3,(H,27,28). The molecule has 1 atom stereocenters. The number of phenolic OH excluding ortho intramolecular Hbond substituents is 1. The lowest BCUT2D eigenvalue weighted by atomic mass is 9.95. The second-order valence-electron chi connectivity index (χ2n) is 6.85. The Labute approximate surface area is 173 Å². The van der Waals surface area contributed by atoms with Crippen LogP contribution >= 0.6 is 11.6 Å². The van der Waals surface area contributed by atoms with E-state index in [4.69, 9.17) is 11.6 Å². The number of anilines is 1. The number of phenols is 1. The number of hydrogen-bond donors (Lipinski definition) is 2. The Bertz CT molecular complexity index is 1180. The molecule has 0 aliphatic carbocycles. The molecule has 6 heteroatoms. The van der Waals surface area contributed by atoms with Crippen LogP contribution in [-0.4, -0.2) is 15.1 Å². The number of nitrogens with one attached hydrogen (secondary N) is 1. The summed E-state index contributed by atoms with van der Waals surface area (Å²) in [6.45, 7) is 1.33. The molecule has 4 nitrogen and oxygen atoms in total. The zero-order chi connectivity index (χ0) is 20.4. The van der Waals surface area contributed by atoms with Crippen LogP contribution in [-0.2, 0) is 6.67 Å². The van der Waals surface area contributed by atoms with Crippen molar-refractivity contribution < 1.29 is 9.50 Å². The molecule has 0 amide bonds. The Balaban J connectivity index is 1.85. The Morgan fingerprint density at radius 1 is 1.10 bits per heavy atom. The zero-order valence-corrected chi connectivity index (χ0v) is 16.5. The van der Waals surface area contributed by atoms with E-state index >= 15 is 0 Å². The van der Waals surface area contributed by atoms with Crippen molar-refractivity contribution in [3.8, 4) is 5.75 Å². The van der Waals surface area contributed by atoms with Gasteiger partial charge in [-0.15, -0.1) is 0 Å². The van der Waals surface area contributed by atoms with Crippen molar-refractivity contribution in [1.29, 1.82) is 0 Å². The van der Waals surface area contributed by atoms with Crippen molar-refractivity contribution in [3.63, 3.8) is 0 Å². The van der Waals surface area contributed by atoms with Gasteiger partial charge in [0.15, 0.2) is 0 Å². The SMILES string of the molecule is Cc1cc(NC(c2cccc(CF)c2)c2ccc3cccnc3c2O)ncc1Cl. The fourth-order valence-electron chi connectivity index (χ4n) is 3.34. The van der Waals surface area contributed by atoms with Crippen LogP contribution in [0.2, 0.25) is 5.02 Å². The highest BCUT2D eigenvalue weighted by Gasteiger charge is 2.21. The van der Waals surface area contributed by atoms with Crippen LogP contribution in [0.25, 0.3) is 10.9 Å². The molecule has 0 radical (unpaired) electrons. The zero-order valence-electron chi connectivity index (χ0n) is 15.7. The first-order valence-electron chi connectivity index (χ1n) is 9.17. The van der Waals surface area contributed by atoms with Gasteiger partial charge in [0.1, 0.15) is 23.8 Å². The highest BCUT2D eigenvalue weighted by Crippen LogP contribution is 2.36. The minimum absolute atomic E-state index is 0.0805. The Kier molecular flexibility index (Phi) is 5.32. The summed E-state index contributed by atoms with van der Waals surface area (Å²) in [7, 11) is 0. The van der Waals surface area contributed by atoms with Crippen LogP contribution in [0.5, 0.6) is 5.75 Å². The fourth-order valence-corrected chi connectivity index (χ4v) is 3.44. The maximum absolute atomic E-state index is 13.3. The van der Waals surface area contributed by atoms with Crippen LogP contribution in [0.1, 0.15) is 28.3 Å². The summed E-state index contributed by atoms with van der Waals surface area (Å²) in [4.78, 5) is 8.66. The predicted molar refractivity (Wildman–Crippen MR) is 114 cm³/mol. The van der Waals surface area contributed by atoms with Crippen LogP contribution in [0.15, 0.2) is 67.0 Å². The van der Waals surface area contributed by atoms with Crippen molar-refractivity contribution in [2.45, 2.75) is 19.6 Å². The third-order valence-electron chi connectivity index (χ3n) is 4.87. The number of rotatable bonds is 5. The lowest BCUT2D eigenvalue weighted by molar-refractivity contribution is 0.471. The number of fused-ring (bicyclic) bond motifs is 1. The predicted octanol–water partition coefficient (Wildman–Crippen LogP) is 5.97. The number of hydrogen-bond acceptors (Lipinski definition) is 4. The minimum Gasteiger partial charge on any atom is -0.505 e. The van der Waals surface area contributed by atoms with Gasteiger partial charge in [-0.25, -0.2) is 9.37 Å². The number of aryl methyl sites for hydroxylation is 1. The first-order chi connectivity index (χ1) is 14.1. The molecule has 29 heavy (non-hydrogen) atoms. The molecule has 2 aromatic carbocycles. The maximum Gasteiger partial charge on any atom is 0.147 e. The topological polar surface area (TPSA) is 58.0 Å². The molecule has 0 fully saturated rings. The number of aromatic nitrogens is 2. The Morgan fingerprint density at radius 3 is 2.76 bits per heavy atom. The van der Waals surface area contributed by atoms with Gasteiger partial charge in [0.25, 0.3) is 0 Å². The number of pyridine rings is 2. The van der Waals surface area contributed by atoms with Gasteiger partial charge < -0.3 is 10.4 Å². The monoisotopic (exact) mass is 407 g/mol. The normalized spacial score (nSPS) is 12.1. The average molecular weight is 408 g/mol. The third kappa shape index (κ3) is 3.87. The summed E-state index contributed by atoms with van der Waals surface area (Å²) >= 11 is 6.10. The fraction of sp³-hybridized carbons (Fsp3) is 0.130. The van der Waals surface area contributed by atoms with Gasteiger partial charge in [-0.2, -0.15) is 0 Å². The number of benzene rings is 2. The molecule has 4 aromatic rings. The van der Waals surface area contributed by atoms with E-state index in [2.05, 4.69) is 15.3 Å². The lowest BCUT2D eigenvalue weighted by Gasteiger charge is -2.22. The minimum atomic E-state index is -0.565. The van der Waals surface area contributed by atoms with Gasteiger partial charge in [0.2, 0.25) is 0 Å². The number of alkyl halides is 1. The molecule has 1 unspecified atom stereocenters. The van der Waals surface area contributed by atoms with Gasteiger partial charge in [0, 0.05) is 23.3 Å². The number of nitrogens with zero attached hydrogens (tertiary/aromatic N) is 2. The number of aromatic hydroxyl groups is 1. The van der Waals surface area contributed by atoms with Crippen LogP contribution in [0.3, 0.4) is 0 Å². The first kappa shape index (κ1) is 19.2. The maximum atomic E-state index is 13.3. The van der Waals surface area contributed by atoms with Gasteiger partial charge in [-0.05, 0) is 35.7 Å². The van der Waals surface area contributed by atoms with E-state index in [-0.39, 0.29) is 5.75 Å². The van der Waals surface area contributed by atoms with Crippen molar-refractivity contribution in [1.82, 2.24) is 9.97 Å². The van der Waals surface area contributed by atoms with Crippen molar-refractivity contribution in [2.24, 2.45) is 0 Å². The summed E-state index contributed by atoms with van der Waals surface area (Å²) in [5.74, 6) is 0.681. The summed E-state index contributed by atoms with van der Waals surface area (Å²) < 4.78 is 13.3. The van der Waals surface area contributed by atoms with E-state index in [9.17, 15) is 9.50 Å². The summed E-state index contributed by atoms with van der Waals surface area (Å²) in [5, 5.41) is 15.7. The molecule has 0 spiro atoms. The van der Waals surface area contributed by atoms with E-state index in [0.717, 1.165) is 16.5 Å². The molecule has 2 heterocycles. The van der Waals surface area contributed by atoms with E-state index < -0.39 is 12.7 Å². The van der Waals surface area contributed by atoms with E-state index in [0.29, 0.717) is 27.5 Å². The third-order valence-corrected chi connectivity index (χ3v) is 5.26. The summed E-state index contributed by atoms with van der Waals surface area (Å²) in [5.41, 5.74) is 3.39. The van der Waals surface area contributed by atoms with E-state index in [1.54, 1.807) is 30.6 Å². The van der Waals surface area contributed by atoms with Crippen LogP contribution in [0.4, 0.5) is 10.2 Å². The lowest BCUT2D eigenvalue weighted by Crippen LogP contribution is -2.14. The van der Waals surface area contributed by atoms with Crippen LogP contribution in [0, 0.1) is 6.92 Å². The van der Waals surface area contributed by atoms with Crippen LogP contribution < -0.4 is 5.32 Å². The highest BCUT2D eigenvalue weighted by molar-refractivity contribution is 6.31. The summed E-state index contributed by atoms with van der Waals surface area (Å²) in [6, 6.07) is 16.1. The molecule has 146 valence electrons.